The molecule has 1 aromatic heterocycles. The molecule has 0 saturated carbocycles. The summed E-state index contributed by atoms with van der Waals surface area (Å²) in [5, 5.41) is 4.68. The zero-order valence-electron chi connectivity index (χ0n) is 22.9. The van der Waals surface area contributed by atoms with Crippen LogP contribution in [-0.4, -0.2) is 19.2 Å². The second-order valence-electron chi connectivity index (χ2n) is 10.8. The van der Waals surface area contributed by atoms with E-state index < -0.39 is 0 Å². The Labute approximate surface area is 228 Å². The van der Waals surface area contributed by atoms with Crippen molar-refractivity contribution in [1.29, 1.82) is 0 Å². The molecule has 39 heavy (non-hydrogen) atoms. The van der Waals surface area contributed by atoms with E-state index in [1.807, 2.05) is 30.5 Å². The van der Waals surface area contributed by atoms with Crippen LogP contribution in [0.1, 0.15) is 26.5 Å². The molecule has 6 aromatic rings. The number of aromatic nitrogens is 1. The highest BCUT2D eigenvalue weighted by atomic mass is 16.5. The highest BCUT2D eigenvalue weighted by Crippen LogP contribution is 2.45. The van der Waals surface area contributed by atoms with E-state index in [0.717, 1.165) is 44.7 Å². The lowest BCUT2D eigenvalue weighted by Gasteiger charge is -2.18. The number of nitrogens with zero attached hydrogens (tertiary/aromatic N) is 1. The Bertz CT molecular complexity index is 1790. The molecule has 0 atom stereocenters. The molecule has 0 bridgehead atoms. The first-order valence-corrected chi connectivity index (χ1v) is 13.1. The lowest BCUT2D eigenvalue weighted by atomic mass is 9.85. The van der Waals surface area contributed by atoms with Crippen LogP contribution in [0.25, 0.3) is 55.3 Å². The summed E-state index contributed by atoms with van der Waals surface area (Å²) in [6.07, 6.45) is 1.84. The molecule has 0 aliphatic rings. The third-order valence-corrected chi connectivity index (χ3v) is 7.27. The fraction of sp³-hybridized carbons (Fsp3) is 0.171. The van der Waals surface area contributed by atoms with Crippen LogP contribution in [0.2, 0.25) is 0 Å². The van der Waals surface area contributed by atoms with E-state index in [-0.39, 0.29) is 5.41 Å². The number of methoxy groups -OCH3 is 2. The maximum absolute atomic E-state index is 6.25. The predicted molar refractivity (Wildman–Crippen MR) is 160 cm³/mol. The van der Waals surface area contributed by atoms with Crippen LogP contribution < -0.4 is 9.47 Å². The number of fused-ring (bicyclic) bond motifs is 2. The molecule has 0 unspecified atom stereocenters. The van der Waals surface area contributed by atoms with Gasteiger partial charge in [-0.25, -0.2) is 4.98 Å². The van der Waals surface area contributed by atoms with Crippen LogP contribution in [-0.2, 0) is 5.41 Å². The van der Waals surface area contributed by atoms with Crippen LogP contribution in [0, 0.1) is 0 Å². The summed E-state index contributed by atoms with van der Waals surface area (Å²) in [4.78, 5) is 4.65. The van der Waals surface area contributed by atoms with Crippen molar-refractivity contribution in [2.45, 2.75) is 26.2 Å². The standard InChI is InChI=1S/C35H31NO3/c1-35(2,3)31-21-36-34(39-31)24-14-19-29-30(20-24)33(23-12-17-26(38-5)18-13-23)28-9-7-6-8-27(28)32(29)22-10-15-25(37-4)16-11-22/h6-21H,1-5H3. The Balaban J connectivity index is 1.69. The van der Waals surface area contributed by atoms with Gasteiger partial charge in [-0.15, -0.1) is 0 Å². The number of hydrogen-bond donors (Lipinski definition) is 0. The summed E-state index contributed by atoms with van der Waals surface area (Å²) in [5.74, 6) is 3.16. The SMILES string of the molecule is COc1ccc(-c2c3ccccc3c(-c3ccc(OC)cc3)c3cc(-c4ncc(C(C)(C)C)o4)ccc23)cc1. The number of rotatable bonds is 5. The van der Waals surface area contributed by atoms with E-state index in [1.54, 1.807) is 14.2 Å². The monoisotopic (exact) mass is 513 g/mol. The summed E-state index contributed by atoms with van der Waals surface area (Å²) in [7, 11) is 3.39. The molecule has 5 aromatic carbocycles. The van der Waals surface area contributed by atoms with Crippen LogP contribution in [0.15, 0.2) is 102 Å². The summed E-state index contributed by atoms with van der Waals surface area (Å²) in [6, 6.07) is 31.7. The van der Waals surface area contributed by atoms with Gasteiger partial charge in [0, 0.05) is 11.0 Å². The number of ether oxygens (including phenoxy) is 2. The van der Waals surface area contributed by atoms with E-state index in [1.165, 1.54) is 21.9 Å². The molecule has 1 heterocycles. The van der Waals surface area contributed by atoms with E-state index in [4.69, 9.17) is 13.9 Å². The molecule has 0 radical (unpaired) electrons. The van der Waals surface area contributed by atoms with Gasteiger partial charge in [0.2, 0.25) is 5.89 Å². The fourth-order valence-electron chi connectivity index (χ4n) is 5.20. The quantitative estimate of drug-likeness (QED) is 0.215. The Hall–Kier alpha value is -4.57. The molecule has 4 nitrogen and oxygen atoms in total. The van der Waals surface area contributed by atoms with Gasteiger partial charge in [-0.1, -0.05) is 75.4 Å². The van der Waals surface area contributed by atoms with Gasteiger partial charge in [-0.2, -0.15) is 0 Å². The first-order valence-electron chi connectivity index (χ1n) is 13.1. The zero-order valence-corrected chi connectivity index (χ0v) is 22.9. The normalized spacial score (nSPS) is 11.7. The Morgan fingerprint density at radius 2 is 1.08 bits per heavy atom. The zero-order chi connectivity index (χ0) is 27.1. The molecule has 0 aliphatic carbocycles. The Morgan fingerprint density at radius 1 is 0.590 bits per heavy atom. The summed E-state index contributed by atoms with van der Waals surface area (Å²) >= 11 is 0. The fourth-order valence-corrected chi connectivity index (χ4v) is 5.20. The first kappa shape index (κ1) is 24.7. The van der Waals surface area contributed by atoms with Gasteiger partial charge in [0.1, 0.15) is 17.3 Å². The van der Waals surface area contributed by atoms with Crippen molar-refractivity contribution in [2.75, 3.05) is 14.2 Å². The average Bonchev–Trinajstić information content (AvgIpc) is 3.47. The van der Waals surface area contributed by atoms with Crippen molar-refractivity contribution in [2.24, 2.45) is 0 Å². The van der Waals surface area contributed by atoms with Gasteiger partial charge in [-0.3, -0.25) is 0 Å². The van der Waals surface area contributed by atoms with Gasteiger partial charge in [0.25, 0.3) is 0 Å². The largest absolute Gasteiger partial charge is 0.497 e. The molecule has 194 valence electrons. The maximum atomic E-state index is 6.25. The van der Waals surface area contributed by atoms with Gasteiger partial charge in [-0.05, 0) is 80.2 Å². The minimum atomic E-state index is -0.117. The van der Waals surface area contributed by atoms with E-state index in [9.17, 15) is 0 Å². The highest BCUT2D eigenvalue weighted by Gasteiger charge is 2.21. The molecule has 0 N–H and O–H groups in total. The first-order chi connectivity index (χ1) is 18.9. The van der Waals surface area contributed by atoms with Crippen LogP contribution in [0.3, 0.4) is 0 Å². The number of benzene rings is 5. The molecular formula is C35H31NO3. The molecule has 4 heteroatoms. The van der Waals surface area contributed by atoms with Crippen molar-refractivity contribution in [1.82, 2.24) is 4.98 Å². The van der Waals surface area contributed by atoms with Gasteiger partial charge < -0.3 is 13.9 Å². The number of hydrogen-bond acceptors (Lipinski definition) is 4. The highest BCUT2D eigenvalue weighted by molar-refractivity contribution is 6.21. The van der Waals surface area contributed by atoms with Crippen LogP contribution in [0.5, 0.6) is 11.5 Å². The molecule has 0 amide bonds. The molecule has 6 rings (SSSR count). The predicted octanol–water partition coefficient (Wildman–Crippen LogP) is 9.30. The van der Waals surface area contributed by atoms with E-state index in [2.05, 4.69) is 92.5 Å². The summed E-state index contributed by atoms with van der Waals surface area (Å²) < 4.78 is 17.1. The number of oxazole rings is 1. The average molecular weight is 514 g/mol. The smallest absolute Gasteiger partial charge is 0.226 e. The van der Waals surface area contributed by atoms with E-state index in [0.29, 0.717) is 5.89 Å². The van der Waals surface area contributed by atoms with Gasteiger partial charge >= 0.3 is 0 Å². The molecule has 0 saturated heterocycles. The van der Waals surface area contributed by atoms with E-state index >= 15 is 0 Å². The molecule has 0 aliphatic heterocycles. The molecular weight excluding hydrogens is 482 g/mol. The van der Waals surface area contributed by atoms with Crippen molar-refractivity contribution in [3.05, 3.63) is 103 Å². The second kappa shape index (κ2) is 9.63. The minimum Gasteiger partial charge on any atom is -0.497 e. The second-order valence-corrected chi connectivity index (χ2v) is 10.8. The lowest BCUT2D eigenvalue weighted by molar-refractivity contribution is 0.415. The lowest BCUT2D eigenvalue weighted by Crippen LogP contribution is -2.09. The Kier molecular flexibility index (Phi) is 6.11. The topological polar surface area (TPSA) is 44.5 Å². The van der Waals surface area contributed by atoms with Crippen molar-refractivity contribution in [3.63, 3.8) is 0 Å². The maximum Gasteiger partial charge on any atom is 0.226 e. The van der Waals surface area contributed by atoms with Crippen molar-refractivity contribution >= 4 is 21.5 Å². The van der Waals surface area contributed by atoms with Crippen LogP contribution >= 0.6 is 0 Å². The van der Waals surface area contributed by atoms with Gasteiger partial charge in [0.05, 0.1) is 20.4 Å². The van der Waals surface area contributed by atoms with Crippen molar-refractivity contribution < 1.29 is 13.9 Å². The Morgan fingerprint density at radius 3 is 1.56 bits per heavy atom. The summed E-state index contributed by atoms with van der Waals surface area (Å²) in [6.45, 7) is 6.40. The molecule has 0 fully saturated rings. The van der Waals surface area contributed by atoms with Gasteiger partial charge in [0.15, 0.2) is 0 Å². The van der Waals surface area contributed by atoms with Crippen molar-refractivity contribution in [3.8, 4) is 45.2 Å². The third-order valence-electron chi connectivity index (χ3n) is 7.27. The summed E-state index contributed by atoms with van der Waals surface area (Å²) in [5.41, 5.74) is 5.45. The minimum absolute atomic E-state index is 0.117. The molecule has 0 spiro atoms. The third kappa shape index (κ3) is 4.42. The van der Waals surface area contributed by atoms with Crippen LogP contribution in [0.4, 0.5) is 0 Å².